The molecule has 7 heteroatoms. The van der Waals surface area contributed by atoms with Gasteiger partial charge in [0, 0.05) is 0 Å². The average Bonchev–Trinajstić information content (AvgIpc) is 3.12. The Morgan fingerprint density at radius 3 is 2.32 bits per heavy atom. The zero-order valence-corrected chi connectivity index (χ0v) is 19.6. The van der Waals surface area contributed by atoms with Crippen LogP contribution in [0.3, 0.4) is 0 Å². The Labute approximate surface area is 203 Å². The van der Waals surface area contributed by atoms with Gasteiger partial charge in [-0.3, -0.25) is 14.5 Å². The van der Waals surface area contributed by atoms with E-state index in [4.69, 9.17) is 14.2 Å². The molecule has 0 spiro atoms. The Morgan fingerprint density at radius 2 is 1.59 bits per heavy atom. The Bertz CT molecular complexity index is 1160. The van der Waals surface area contributed by atoms with Crippen molar-refractivity contribution in [3.63, 3.8) is 0 Å². The maximum absolute atomic E-state index is 12.8. The van der Waals surface area contributed by atoms with Gasteiger partial charge in [-0.05, 0) is 60.2 Å². The number of para-hydroxylation sites is 1. The SMILES string of the molecule is CCOc1cc(/C=C2\SC(=O)N(CCOc3ccccc3)C2=O)ccc1OCc1ccccc1. The first-order valence-electron chi connectivity index (χ1n) is 11.0. The first-order valence-corrected chi connectivity index (χ1v) is 11.8. The van der Waals surface area contributed by atoms with Crippen molar-refractivity contribution in [2.45, 2.75) is 13.5 Å². The second-order valence-electron chi connectivity index (χ2n) is 7.41. The number of nitrogens with zero attached hydrogens (tertiary/aromatic N) is 1. The molecule has 0 aliphatic carbocycles. The van der Waals surface area contributed by atoms with Gasteiger partial charge in [-0.1, -0.05) is 54.6 Å². The number of hydrogen-bond acceptors (Lipinski definition) is 6. The molecule has 3 aromatic carbocycles. The summed E-state index contributed by atoms with van der Waals surface area (Å²) in [6.07, 6.45) is 1.70. The molecule has 34 heavy (non-hydrogen) atoms. The normalized spacial score (nSPS) is 14.5. The third-order valence-corrected chi connectivity index (χ3v) is 5.91. The number of carbonyl (C=O) groups excluding carboxylic acids is 2. The lowest BCUT2D eigenvalue weighted by atomic mass is 10.1. The Morgan fingerprint density at radius 1 is 0.853 bits per heavy atom. The van der Waals surface area contributed by atoms with Crippen LogP contribution in [0.1, 0.15) is 18.1 Å². The highest BCUT2D eigenvalue weighted by Crippen LogP contribution is 2.35. The van der Waals surface area contributed by atoms with Crippen LogP contribution >= 0.6 is 11.8 Å². The largest absolute Gasteiger partial charge is 0.492 e. The van der Waals surface area contributed by atoms with Gasteiger partial charge in [0.05, 0.1) is 18.1 Å². The van der Waals surface area contributed by atoms with E-state index in [0.717, 1.165) is 22.9 Å². The molecule has 1 aliphatic heterocycles. The zero-order chi connectivity index (χ0) is 23.8. The summed E-state index contributed by atoms with van der Waals surface area (Å²) < 4.78 is 17.3. The molecule has 0 bridgehead atoms. The first-order chi connectivity index (χ1) is 16.6. The minimum absolute atomic E-state index is 0.188. The van der Waals surface area contributed by atoms with E-state index in [-0.39, 0.29) is 24.3 Å². The summed E-state index contributed by atoms with van der Waals surface area (Å²) in [4.78, 5) is 26.8. The van der Waals surface area contributed by atoms with Crippen molar-refractivity contribution >= 4 is 29.0 Å². The standard InChI is InChI=1S/C27H25NO5S/c1-2-31-24-17-21(13-14-23(24)33-19-20-9-5-3-6-10-20)18-25-26(29)28(27(30)34-25)15-16-32-22-11-7-4-8-12-22/h3-14,17-18H,2,15-16,19H2,1H3/b25-18-. The van der Waals surface area contributed by atoms with E-state index >= 15 is 0 Å². The summed E-state index contributed by atoms with van der Waals surface area (Å²) in [5.74, 6) is 1.58. The first kappa shape index (κ1) is 23.4. The van der Waals surface area contributed by atoms with Crippen LogP contribution < -0.4 is 14.2 Å². The van der Waals surface area contributed by atoms with Crippen molar-refractivity contribution in [1.29, 1.82) is 0 Å². The molecule has 0 saturated carbocycles. The molecule has 3 aromatic rings. The van der Waals surface area contributed by atoms with Crippen LogP contribution in [0, 0.1) is 0 Å². The summed E-state index contributed by atoms with van der Waals surface area (Å²) in [7, 11) is 0. The van der Waals surface area contributed by atoms with Gasteiger partial charge in [0.1, 0.15) is 19.0 Å². The summed E-state index contributed by atoms with van der Waals surface area (Å²) in [5.41, 5.74) is 1.81. The smallest absolute Gasteiger partial charge is 0.293 e. The lowest BCUT2D eigenvalue weighted by Crippen LogP contribution is -2.32. The second kappa shape index (κ2) is 11.4. The molecule has 174 valence electrons. The molecule has 1 heterocycles. The third-order valence-electron chi connectivity index (χ3n) is 5.00. The highest BCUT2D eigenvalue weighted by molar-refractivity contribution is 8.18. The molecule has 6 nitrogen and oxygen atoms in total. The quantitative estimate of drug-likeness (QED) is 0.346. The minimum Gasteiger partial charge on any atom is -0.492 e. The van der Waals surface area contributed by atoms with Crippen molar-refractivity contribution in [3.8, 4) is 17.2 Å². The van der Waals surface area contributed by atoms with Crippen LogP contribution in [0.4, 0.5) is 4.79 Å². The van der Waals surface area contributed by atoms with Crippen molar-refractivity contribution in [3.05, 3.63) is 94.9 Å². The number of ether oxygens (including phenoxy) is 3. The third kappa shape index (κ3) is 5.99. The monoisotopic (exact) mass is 475 g/mol. The van der Waals surface area contributed by atoms with Crippen molar-refractivity contribution in [1.82, 2.24) is 4.90 Å². The molecule has 1 fully saturated rings. The van der Waals surface area contributed by atoms with Crippen LogP contribution in [-0.2, 0) is 11.4 Å². The van der Waals surface area contributed by atoms with Gasteiger partial charge in [0.25, 0.3) is 11.1 Å². The molecular formula is C27H25NO5S. The molecule has 2 amide bonds. The van der Waals surface area contributed by atoms with E-state index in [2.05, 4.69) is 0 Å². The fourth-order valence-corrected chi connectivity index (χ4v) is 4.22. The maximum atomic E-state index is 12.8. The van der Waals surface area contributed by atoms with Gasteiger partial charge < -0.3 is 14.2 Å². The van der Waals surface area contributed by atoms with Gasteiger partial charge in [0.2, 0.25) is 0 Å². The summed E-state index contributed by atoms with van der Waals surface area (Å²) in [5, 5.41) is -0.305. The number of thioether (sulfide) groups is 1. The van der Waals surface area contributed by atoms with E-state index < -0.39 is 0 Å². The van der Waals surface area contributed by atoms with E-state index in [1.54, 1.807) is 6.08 Å². The Kier molecular flexibility index (Phi) is 7.88. The van der Waals surface area contributed by atoms with Crippen molar-refractivity contribution in [2.24, 2.45) is 0 Å². The van der Waals surface area contributed by atoms with Crippen molar-refractivity contribution in [2.75, 3.05) is 19.8 Å². The highest BCUT2D eigenvalue weighted by atomic mass is 32.2. The zero-order valence-electron chi connectivity index (χ0n) is 18.8. The maximum Gasteiger partial charge on any atom is 0.293 e. The molecule has 1 aliphatic rings. The number of amides is 2. The molecule has 0 aromatic heterocycles. The van der Waals surface area contributed by atoms with E-state index in [0.29, 0.717) is 35.4 Å². The van der Waals surface area contributed by atoms with Crippen LogP contribution in [-0.4, -0.2) is 35.8 Å². The van der Waals surface area contributed by atoms with Crippen LogP contribution in [0.5, 0.6) is 17.2 Å². The molecule has 1 saturated heterocycles. The van der Waals surface area contributed by atoms with E-state index in [1.165, 1.54) is 4.90 Å². The predicted octanol–water partition coefficient (Wildman–Crippen LogP) is 5.78. The minimum atomic E-state index is -0.325. The van der Waals surface area contributed by atoms with E-state index in [1.807, 2.05) is 85.8 Å². The number of imide groups is 1. The van der Waals surface area contributed by atoms with Gasteiger partial charge in [-0.2, -0.15) is 0 Å². The molecule has 0 N–H and O–H groups in total. The highest BCUT2D eigenvalue weighted by Gasteiger charge is 2.34. The van der Waals surface area contributed by atoms with Gasteiger partial charge in [0.15, 0.2) is 11.5 Å². The number of carbonyl (C=O) groups is 2. The average molecular weight is 476 g/mol. The van der Waals surface area contributed by atoms with E-state index in [9.17, 15) is 9.59 Å². The number of benzene rings is 3. The second-order valence-corrected chi connectivity index (χ2v) is 8.40. The summed E-state index contributed by atoms with van der Waals surface area (Å²) >= 11 is 0.925. The van der Waals surface area contributed by atoms with Gasteiger partial charge in [-0.15, -0.1) is 0 Å². The summed E-state index contributed by atoms with van der Waals surface area (Å²) in [6.45, 7) is 3.22. The lowest BCUT2D eigenvalue weighted by molar-refractivity contribution is -0.123. The van der Waals surface area contributed by atoms with Gasteiger partial charge >= 0.3 is 0 Å². The van der Waals surface area contributed by atoms with Gasteiger partial charge in [-0.25, -0.2) is 0 Å². The van der Waals surface area contributed by atoms with Crippen molar-refractivity contribution < 1.29 is 23.8 Å². The lowest BCUT2D eigenvalue weighted by Gasteiger charge is -2.13. The van der Waals surface area contributed by atoms with Crippen LogP contribution in [0.2, 0.25) is 0 Å². The topological polar surface area (TPSA) is 65.1 Å². The molecular weight excluding hydrogens is 450 g/mol. The van der Waals surface area contributed by atoms with Crippen LogP contribution in [0.25, 0.3) is 6.08 Å². The summed E-state index contributed by atoms with van der Waals surface area (Å²) in [6, 6.07) is 24.6. The Hall–Kier alpha value is -3.71. The molecule has 0 atom stereocenters. The van der Waals surface area contributed by atoms with Crippen LogP contribution in [0.15, 0.2) is 83.8 Å². The Balaban J connectivity index is 1.42. The fourth-order valence-electron chi connectivity index (χ4n) is 3.35. The molecule has 0 radical (unpaired) electrons. The molecule has 4 rings (SSSR count). The number of rotatable bonds is 10. The predicted molar refractivity (Wildman–Crippen MR) is 133 cm³/mol. The number of hydrogen-bond donors (Lipinski definition) is 0. The fraction of sp³-hybridized carbons (Fsp3) is 0.185. The molecule has 0 unspecified atom stereocenters.